The van der Waals surface area contributed by atoms with Crippen LogP contribution in [-0.2, 0) is 29.8 Å². The molecule has 1 saturated heterocycles. The number of carbonyl (C=O) groups excluding carboxylic acids is 1. The van der Waals surface area contributed by atoms with Gasteiger partial charge in [-0.2, -0.15) is 5.10 Å². The summed E-state index contributed by atoms with van der Waals surface area (Å²) in [5.41, 5.74) is -2.76. The highest BCUT2D eigenvalue weighted by Crippen LogP contribution is 2.72. The normalized spacial score (nSPS) is 39.4. The summed E-state index contributed by atoms with van der Waals surface area (Å²) in [5.74, 6) is -3.33. The van der Waals surface area contributed by atoms with Gasteiger partial charge in [-0.25, -0.2) is 18.0 Å². The highest BCUT2D eigenvalue weighted by atomic mass is 31.2. The van der Waals surface area contributed by atoms with Crippen molar-refractivity contribution < 1.29 is 52.5 Å². The van der Waals surface area contributed by atoms with Crippen LogP contribution in [0.2, 0.25) is 0 Å². The number of hydrogen-bond acceptors (Lipinski definition) is 7. The Morgan fingerprint density at radius 2 is 1.87 bits per heavy atom. The summed E-state index contributed by atoms with van der Waals surface area (Å²) >= 11 is 0. The lowest BCUT2D eigenvalue weighted by Gasteiger charge is -2.63. The summed E-state index contributed by atoms with van der Waals surface area (Å²) < 4.78 is 62.1. The summed E-state index contributed by atoms with van der Waals surface area (Å²) in [6.07, 6.45) is 2.79. The van der Waals surface area contributed by atoms with Crippen LogP contribution in [0.5, 0.6) is 0 Å². The average molecular weight is 653 g/mol. The molecule has 4 fully saturated rings. The van der Waals surface area contributed by atoms with Gasteiger partial charge in [-0.05, 0) is 87.8 Å². The maximum atomic E-state index is 18.1. The number of phosphoric ester groups is 1. The van der Waals surface area contributed by atoms with Crippen molar-refractivity contribution in [2.24, 2.45) is 22.7 Å². The molecule has 3 saturated carbocycles. The first-order valence-electron chi connectivity index (χ1n) is 15.0. The molecule has 8 atom stereocenters. The van der Waals surface area contributed by atoms with Crippen molar-refractivity contribution in [3.8, 4) is 5.69 Å². The van der Waals surface area contributed by atoms with Crippen LogP contribution in [0.15, 0.2) is 36.0 Å². The van der Waals surface area contributed by atoms with Gasteiger partial charge in [0.15, 0.2) is 17.2 Å². The lowest BCUT2D eigenvalue weighted by molar-refractivity contribution is -0.250. The second-order valence-electron chi connectivity index (χ2n) is 14.0. The molecule has 0 bridgehead atoms. The van der Waals surface area contributed by atoms with E-state index in [4.69, 9.17) is 9.47 Å². The van der Waals surface area contributed by atoms with Gasteiger partial charge < -0.3 is 29.8 Å². The van der Waals surface area contributed by atoms with Crippen molar-refractivity contribution in [3.05, 3.63) is 53.1 Å². The summed E-state index contributed by atoms with van der Waals surface area (Å²) in [7, 11) is -4.97. The first-order chi connectivity index (χ1) is 20.5. The topological polar surface area (TPSA) is 172 Å². The monoisotopic (exact) mass is 652 g/mol. The molecule has 0 spiro atoms. The van der Waals surface area contributed by atoms with E-state index in [1.165, 1.54) is 12.1 Å². The molecule has 1 aliphatic heterocycles. The van der Waals surface area contributed by atoms with E-state index in [-0.39, 0.29) is 24.1 Å². The number of nitrogens with zero attached hydrogens (tertiary/aromatic N) is 2. The van der Waals surface area contributed by atoms with Crippen molar-refractivity contribution in [1.82, 2.24) is 9.78 Å². The molecule has 4 aliphatic carbocycles. The molecule has 5 N–H and O–H groups in total. The molecule has 2 aromatic rings. The van der Waals surface area contributed by atoms with Crippen LogP contribution in [0, 0.1) is 28.5 Å². The molecule has 1 aromatic heterocycles. The molecule has 11 nitrogen and oxygen atoms in total. The van der Waals surface area contributed by atoms with Crippen molar-refractivity contribution in [3.63, 3.8) is 0 Å². The molecule has 0 radical (unpaired) electrons. The molecule has 7 rings (SSSR count). The van der Waals surface area contributed by atoms with Gasteiger partial charge >= 0.3 is 7.82 Å². The van der Waals surface area contributed by atoms with E-state index in [1.54, 1.807) is 43.8 Å². The Balaban J connectivity index is 0.00000357. The zero-order valence-corrected chi connectivity index (χ0v) is 26.4. The molecule has 0 amide bonds. The van der Waals surface area contributed by atoms with Crippen LogP contribution in [0.25, 0.3) is 11.8 Å². The molecule has 5 aliphatic rings. The van der Waals surface area contributed by atoms with Gasteiger partial charge in [0.1, 0.15) is 18.1 Å². The highest BCUT2D eigenvalue weighted by Gasteiger charge is 2.80. The number of rotatable bonds is 5. The molecule has 45 heavy (non-hydrogen) atoms. The number of Topliss-reactive ketones (excluding diaryl/α,β-unsaturated/α-hetero) is 1. The quantitative estimate of drug-likeness (QED) is 0.408. The van der Waals surface area contributed by atoms with Gasteiger partial charge in [0.05, 0.1) is 29.8 Å². The number of aliphatic hydroxyl groups is 1. The third kappa shape index (κ3) is 4.35. The average Bonchev–Trinajstić information content (AvgIpc) is 3.53. The molecule has 14 heteroatoms. The van der Waals surface area contributed by atoms with E-state index in [1.807, 2.05) is 13.0 Å². The van der Waals surface area contributed by atoms with Crippen LogP contribution in [0.1, 0.15) is 64.6 Å². The third-order valence-electron chi connectivity index (χ3n) is 11.4. The molecular weight excluding hydrogens is 613 g/mol. The van der Waals surface area contributed by atoms with Crippen molar-refractivity contribution >= 4 is 19.7 Å². The summed E-state index contributed by atoms with van der Waals surface area (Å²) in [6, 6.07) is 6.00. The third-order valence-corrected chi connectivity index (χ3v) is 11.9. The Morgan fingerprint density at radius 3 is 2.53 bits per heavy atom. The molecule has 246 valence electrons. The van der Waals surface area contributed by atoms with Gasteiger partial charge in [-0.15, -0.1) is 0 Å². The number of ether oxygens (including phenoxy) is 2. The molecular formula is C31H39F2N2O9P. The number of phosphoric acid groups is 1. The standard InChI is InChI=1S/C31H37F2N2O8P.H2O/c1-27(2)42-26-12-22-21-10-5-18-11-23-17(15-34-35(23)20-8-6-19(32)7-9-20)13-28(18,3)30(21,33)24(36)14-29(22,4)31(26,43-27)25(37)16-41-44(38,39)40;/h6-9,11,15,21-22,24,26,36H,5,10,12-14,16H2,1-4H3,(H2,38,39,40);1H2/t21-,22-,24-,26+,28-,29-,30-,31+;/m0./s1. The number of fused-ring (bicyclic) bond motifs is 8. The Bertz CT molecular complexity index is 1620. The number of ketones is 1. The largest absolute Gasteiger partial charge is 0.470 e. The first kappa shape index (κ1) is 32.6. The Morgan fingerprint density at radius 1 is 1.18 bits per heavy atom. The molecule has 0 unspecified atom stereocenters. The minimum Gasteiger partial charge on any atom is -0.412 e. The highest BCUT2D eigenvalue weighted by molar-refractivity contribution is 7.46. The second kappa shape index (κ2) is 10.1. The van der Waals surface area contributed by atoms with Gasteiger partial charge in [0.2, 0.25) is 0 Å². The zero-order valence-electron chi connectivity index (χ0n) is 25.5. The summed E-state index contributed by atoms with van der Waals surface area (Å²) in [6.45, 7) is 6.07. The Kier molecular flexibility index (Phi) is 7.30. The van der Waals surface area contributed by atoms with E-state index in [0.717, 1.165) is 16.8 Å². The number of aromatic nitrogens is 2. The number of benzene rings is 1. The van der Waals surface area contributed by atoms with Gasteiger partial charge in [-0.3, -0.25) is 9.32 Å². The summed E-state index contributed by atoms with van der Waals surface area (Å²) in [5, 5.41) is 16.5. The van der Waals surface area contributed by atoms with E-state index in [9.17, 15) is 28.6 Å². The van der Waals surface area contributed by atoms with E-state index in [2.05, 4.69) is 9.62 Å². The van der Waals surface area contributed by atoms with Gasteiger partial charge in [-0.1, -0.05) is 19.4 Å². The van der Waals surface area contributed by atoms with Crippen LogP contribution in [-0.4, -0.2) is 71.8 Å². The molecule has 2 heterocycles. The number of alkyl halides is 1. The maximum absolute atomic E-state index is 18.1. The van der Waals surface area contributed by atoms with Gasteiger partial charge in [0.25, 0.3) is 0 Å². The van der Waals surface area contributed by atoms with Crippen molar-refractivity contribution in [2.75, 3.05) is 6.61 Å². The summed E-state index contributed by atoms with van der Waals surface area (Å²) in [4.78, 5) is 32.5. The number of carbonyl (C=O) groups is 1. The van der Waals surface area contributed by atoms with Gasteiger partial charge in [0, 0.05) is 16.7 Å². The number of halogens is 2. The fourth-order valence-electron chi connectivity index (χ4n) is 9.69. The van der Waals surface area contributed by atoms with E-state index in [0.29, 0.717) is 24.9 Å². The molecule has 1 aromatic carbocycles. The fraction of sp³-hybridized carbons (Fsp3) is 0.613. The van der Waals surface area contributed by atoms with Crippen LogP contribution >= 0.6 is 7.82 Å². The van der Waals surface area contributed by atoms with Crippen LogP contribution in [0.3, 0.4) is 0 Å². The van der Waals surface area contributed by atoms with Crippen LogP contribution < -0.4 is 0 Å². The predicted octanol–water partition coefficient (Wildman–Crippen LogP) is 3.61. The fourth-order valence-corrected chi connectivity index (χ4v) is 9.98. The maximum Gasteiger partial charge on any atom is 0.470 e. The predicted molar refractivity (Wildman–Crippen MR) is 156 cm³/mol. The lowest BCUT2D eigenvalue weighted by Crippen LogP contribution is -2.70. The number of allylic oxidation sites excluding steroid dienone is 1. The van der Waals surface area contributed by atoms with Crippen LogP contribution in [0.4, 0.5) is 8.78 Å². The Hall–Kier alpha value is -2.35. The van der Waals surface area contributed by atoms with Crippen molar-refractivity contribution in [1.29, 1.82) is 0 Å². The second-order valence-corrected chi connectivity index (χ2v) is 15.3. The first-order valence-corrected chi connectivity index (χ1v) is 16.5. The lowest BCUT2D eigenvalue weighted by atomic mass is 9.43. The number of hydrogen-bond donors (Lipinski definition) is 3. The van der Waals surface area contributed by atoms with E-state index < -0.39 is 72.1 Å². The van der Waals surface area contributed by atoms with E-state index >= 15 is 4.39 Å². The SMILES string of the molecule is CC1(C)O[C@@H]2C[C@H]3[C@@H]4CCC5=Cc6c(cnn6-c6ccc(F)cc6)C[C@]5(C)[C@@]4(F)[C@@H](O)C[C@]3(C)[C@]2(C(=O)COP(=O)(O)O)O1.O. The zero-order chi connectivity index (χ0) is 31.7. The number of aliphatic hydroxyl groups excluding tert-OH is 1. The van der Waals surface area contributed by atoms with Crippen molar-refractivity contribution in [2.45, 2.75) is 89.1 Å². The minimum absolute atomic E-state index is 0. The smallest absolute Gasteiger partial charge is 0.412 e. The minimum atomic E-state index is -4.97. The Labute approximate surface area is 259 Å².